The molecule has 0 saturated carbocycles. The lowest BCUT2D eigenvalue weighted by atomic mass is 10.2. The minimum Gasteiger partial charge on any atom is -0.493 e. The summed E-state index contributed by atoms with van der Waals surface area (Å²) in [6.45, 7) is 2.69. The number of methoxy groups -OCH3 is 1. The van der Waals surface area contributed by atoms with Crippen LogP contribution in [0, 0.1) is 6.92 Å². The molecular formula is C11H16N2O3. The highest BCUT2D eigenvalue weighted by molar-refractivity contribution is 5.71. The van der Waals surface area contributed by atoms with Gasteiger partial charge in [0.25, 0.3) is 0 Å². The van der Waals surface area contributed by atoms with Crippen molar-refractivity contribution in [1.29, 1.82) is 0 Å². The Morgan fingerprint density at radius 1 is 1.44 bits per heavy atom. The monoisotopic (exact) mass is 224 g/mol. The molecule has 0 aliphatic rings. The van der Waals surface area contributed by atoms with E-state index in [1.807, 2.05) is 13.0 Å². The summed E-state index contributed by atoms with van der Waals surface area (Å²) < 4.78 is 10.2. The van der Waals surface area contributed by atoms with Crippen LogP contribution in [0.4, 0.5) is 4.79 Å². The number of nitrogens with one attached hydrogen (secondary N) is 1. The van der Waals surface area contributed by atoms with E-state index in [0.717, 1.165) is 5.56 Å². The Morgan fingerprint density at radius 2 is 2.19 bits per heavy atom. The van der Waals surface area contributed by atoms with Gasteiger partial charge in [-0.05, 0) is 24.6 Å². The first-order valence-electron chi connectivity index (χ1n) is 4.97. The average molecular weight is 224 g/mol. The van der Waals surface area contributed by atoms with Gasteiger partial charge in [0.15, 0.2) is 11.5 Å². The summed E-state index contributed by atoms with van der Waals surface area (Å²) in [4.78, 5) is 11.3. The van der Waals surface area contributed by atoms with Crippen molar-refractivity contribution in [1.82, 2.24) is 5.32 Å². The quantitative estimate of drug-likeness (QED) is 0.801. The topological polar surface area (TPSA) is 73.6 Å². The zero-order valence-corrected chi connectivity index (χ0v) is 9.45. The third kappa shape index (κ3) is 3.43. The van der Waals surface area contributed by atoms with Gasteiger partial charge in [0.05, 0.1) is 7.11 Å². The maximum atomic E-state index is 11.3. The highest BCUT2D eigenvalue weighted by Gasteiger charge is 2.08. The van der Waals surface area contributed by atoms with E-state index in [0.29, 0.717) is 24.6 Å². The lowest BCUT2D eigenvalue weighted by molar-refractivity contribution is 0.198. The number of nitrogens with two attached hydrogens (primary N) is 1. The van der Waals surface area contributed by atoms with Gasteiger partial charge < -0.3 is 20.5 Å². The van der Waals surface area contributed by atoms with Gasteiger partial charge in [-0.25, -0.2) is 4.79 Å². The summed E-state index contributed by atoms with van der Waals surface area (Å²) in [5.41, 5.74) is 6.29. The van der Waals surface area contributed by atoms with Crippen molar-refractivity contribution in [2.75, 3.05) is 20.2 Å². The van der Waals surface area contributed by atoms with E-state index >= 15 is 0 Å². The summed E-state index contributed by atoms with van der Waals surface area (Å²) in [5.74, 6) is 0.922. The maximum Gasteiger partial charge on any atom is 0.412 e. The highest BCUT2D eigenvalue weighted by atomic mass is 16.6. The molecule has 88 valence electrons. The van der Waals surface area contributed by atoms with E-state index in [9.17, 15) is 4.79 Å². The molecule has 1 aromatic carbocycles. The second-order valence-electron chi connectivity index (χ2n) is 3.26. The summed E-state index contributed by atoms with van der Waals surface area (Å²) in [7, 11) is 1.53. The van der Waals surface area contributed by atoms with Crippen molar-refractivity contribution in [2.45, 2.75) is 6.92 Å². The Balaban J connectivity index is 2.69. The highest BCUT2D eigenvalue weighted by Crippen LogP contribution is 2.27. The lowest BCUT2D eigenvalue weighted by Gasteiger charge is -2.10. The Bertz CT molecular complexity index is 366. The van der Waals surface area contributed by atoms with Gasteiger partial charge >= 0.3 is 6.09 Å². The number of hydrogen-bond acceptors (Lipinski definition) is 4. The molecule has 16 heavy (non-hydrogen) atoms. The van der Waals surface area contributed by atoms with Crippen LogP contribution in [-0.2, 0) is 0 Å². The van der Waals surface area contributed by atoms with Gasteiger partial charge in [0.2, 0.25) is 0 Å². The van der Waals surface area contributed by atoms with Crippen molar-refractivity contribution in [3.8, 4) is 11.5 Å². The third-order valence-electron chi connectivity index (χ3n) is 1.94. The molecule has 0 aliphatic heterocycles. The minimum atomic E-state index is -0.535. The molecule has 1 amide bonds. The predicted molar refractivity (Wildman–Crippen MR) is 60.8 cm³/mol. The molecule has 1 rings (SSSR count). The minimum absolute atomic E-state index is 0.375. The van der Waals surface area contributed by atoms with Crippen LogP contribution in [-0.4, -0.2) is 26.3 Å². The van der Waals surface area contributed by atoms with Crippen LogP contribution in [0.5, 0.6) is 11.5 Å². The molecule has 5 nitrogen and oxygen atoms in total. The van der Waals surface area contributed by atoms with E-state index in [4.69, 9.17) is 15.2 Å². The fraction of sp³-hybridized carbons (Fsp3) is 0.364. The molecule has 0 fully saturated rings. The van der Waals surface area contributed by atoms with E-state index in [1.165, 1.54) is 7.11 Å². The number of rotatable bonds is 4. The van der Waals surface area contributed by atoms with Crippen LogP contribution in [0.25, 0.3) is 0 Å². The van der Waals surface area contributed by atoms with Gasteiger partial charge in [-0.15, -0.1) is 0 Å². The smallest absolute Gasteiger partial charge is 0.412 e. The molecular weight excluding hydrogens is 208 g/mol. The summed E-state index contributed by atoms with van der Waals surface area (Å²) >= 11 is 0. The fourth-order valence-electron chi connectivity index (χ4n) is 1.17. The van der Waals surface area contributed by atoms with Crippen LogP contribution < -0.4 is 20.5 Å². The van der Waals surface area contributed by atoms with Gasteiger partial charge in [0.1, 0.15) is 0 Å². The molecule has 0 aromatic heterocycles. The number of benzene rings is 1. The van der Waals surface area contributed by atoms with Gasteiger partial charge in [-0.3, -0.25) is 0 Å². The number of aryl methyl sites for hydroxylation is 1. The molecule has 3 N–H and O–H groups in total. The van der Waals surface area contributed by atoms with Crippen molar-refractivity contribution in [3.63, 3.8) is 0 Å². The normalized spacial score (nSPS) is 9.69. The first kappa shape index (κ1) is 12.3. The molecule has 0 aliphatic carbocycles. The predicted octanol–water partition coefficient (Wildman–Crippen LogP) is 1.05. The first-order chi connectivity index (χ1) is 7.67. The standard InChI is InChI=1S/C11H16N2O3/c1-8-3-4-9(10(7-8)15-2)16-11(14)13-6-5-12/h3-4,7H,5-6,12H2,1-2H3,(H,13,14). The number of carbonyl (C=O) groups excluding carboxylic acids is 1. The van der Waals surface area contributed by atoms with Gasteiger partial charge in [-0.2, -0.15) is 0 Å². The molecule has 0 bridgehead atoms. The van der Waals surface area contributed by atoms with Crippen LogP contribution >= 0.6 is 0 Å². The average Bonchev–Trinajstić information content (AvgIpc) is 2.28. The van der Waals surface area contributed by atoms with Crippen molar-refractivity contribution in [2.24, 2.45) is 5.73 Å². The fourth-order valence-corrected chi connectivity index (χ4v) is 1.17. The Kier molecular flexibility index (Phi) is 4.60. The SMILES string of the molecule is COc1cc(C)ccc1OC(=O)NCCN. The molecule has 1 aromatic rings. The molecule has 0 atom stereocenters. The maximum absolute atomic E-state index is 11.3. The Hall–Kier alpha value is -1.75. The second kappa shape index (κ2) is 5.97. The molecule has 0 spiro atoms. The zero-order valence-electron chi connectivity index (χ0n) is 9.45. The molecule has 0 saturated heterocycles. The van der Waals surface area contributed by atoms with E-state index in [-0.39, 0.29) is 0 Å². The van der Waals surface area contributed by atoms with Gasteiger partial charge in [-0.1, -0.05) is 6.07 Å². The number of hydrogen-bond donors (Lipinski definition) is 2. The van der Waals surface area contributed by atoms with Gasteiger partial charge in [0, 0.05) is 13.1 Å². The van der Waals surface area contributed by atoms with E-state index in [2.05, 4.69) is 5.32 Å². The summed E-state index contributed by atoms with van der Waals surface area (Å²) in [5, 5.41) is 2.51. The third-order valence-corrected chi connectivity index (χ3v) is 1.94. The molecule has 0 radical (unpaired) electrons. The van der Waals surface area contributed by atoms with Crippen LogP contribution in [0.15, 0.2) is 18.2 Å². The molecule has 0 unspecified atom stereocenters. The Labute approximate surface area is 94.5 Å². The van der Waals surface area contributed by atoms with Crippen LogP contribution in [0.2, 0.25) is 0 Å². The molecule has 0 heterocycles. The van der Waals surface area contributed by atoms with Crippen molar-refractivity contribution >= 4 is 6.09 Å². The zero-order chi connectivity index (χ0) is 12.0. The number of ether oxygens (including phenoxy) is 2. The summed E-state index contributed by atoms with van der Waals surface area (Å²) in [6, 6.07) is 5.33. The second-order valence-corrected chi connectivity index (χ2v) is 3.26. The first-order valence-corrected chi connectivity index (χ1v) is 4.97. The van der Waals surface area contributed by atoms with Crippen LogP contribution in [0.1, 0.15) is 5.56 Å². The van der Waals surface area contributed by atoms with Crippen LogP contribution in [0.3, 0.4) is 0 Å². The Morgan fingerprint density at radius 3 is 2.81 bits per heavy atom. The van der Waals surface area contributed by atoms with E-state index in [1.54, 1.807) is 12.1 Å². The molecule has 5 heteroatoms. The summed E-state index contributed by atoms with van der Waals surface area (Å²) in [6.07, 6.45) is -0.535. The largest absolute Gasteiger partial charge is 0.493 e. The van der Waals surface area contributed by atoms with E-state index < -0.39 is 6.09 Å². The van der Waals surface area contributed by atoms with Crippen molar-refractivity contribution < 1.29 is 14.3 Å². The number of amides is 1. The van der Waals surface area contributed by atoms with Crippen molar-refractivity contribution in [3.05, 3.63) is 23.8 Å². The lowest BCUT2D eigenvalue weighted by Crippen LogP contribution is -2.31. The number of carbonyl (C=O) groups is 1.